The average molecular weight is 353 g/mol. The lowest BCUT2D eigenvalue weighted by atomic mass is 9.75. The third kappa shape index (κ3) is 5.10. The van der Waals surface area contributed by atoms with Crippen molar-refractivity contribution in [1.82, 2.24) is 9.88 Å². The Morgan fingerprint density at radius 1 is 1.33 bits per heavy atom. The van der Waals surface area contributed by atoms with Gasteiger partial charge in [-0.25, -0.2) is 9.78 Å². The summed E-state index contributed by atoms with van der Waals surface area (Å²) in [5.74, 6) is 0. The highest BCUT2D eigenvalue weighted by Crippen LogP contribution is 2.36. The van der Waals surface area contributed by atoms with Crippen LogP contribution in [0.5, 0.6) is 0 Å². The minimum Gasteiger partial charge on any atom is -0.444 e. The highest BCUT2D eigenvalue weighted by molar-refractivity contribution is 6.29. The van der Waals surface area contributed by atoms with Crippen molar-refractivity contribution in [2.75, 3.05) is 13.1 Å². The third-order valence-electron chi connectivity index (χ3n) is 4.61. The normalized spacial score (nSPS) is 17.7. The van der Waals surface area contributed by atoms with Crippen molar-refractivity contribution in [3.05, 3.63) is 28.5 Å². The largest absolute Gasteiger partial charge is 0.444 e. The lowest BCUT2D eigenvalue weighted by Gasteiger charge is -2.40. The molecule has 1 amide bonds. The van der Waals surface area contributed by atoms with Crippen molar-refractivity contribution < 1.29 is 9.53 Å². The van der Waals surface area contributed by atoms with Crippen LogP contribution >= 0.6 is 11.6 Å². The maximum Gasteiger partial charge on any atom is 0.410 e. The number of aromatic nitrogens is 1. The van der Waals surface area contributed by atoms with Gasteiger partial charge >= 0.3 is 6.09 Å². The summed E-state index contributed by atoms with van der Waals surface area (Å²) in [5, 5.41) is 0.556. The number of likely N-dealkylation sites (tertiary alicyclic amines) is 1. The van der Waals surface area contributed by atoms with Crippen molar-refractivity contribution in [2.24, 2.45) is 5.41 Å². The van der Waals surface area contributed by atoms with Gasteiger partial charge in [-0.15, -0.1) is 0 Å². The number of nitrogens with zero attached hydrogens (tertiary/aromatic N) is 2. The number of carbonyl (C=O) groups excluding carboxylic acids is 1. The predicted molar refractivity (Wildman–Crippen MR) is 97.5 cm³/mol. The van der Waals surface area contributed by atoms with Crippen molar-refractivity contribution in [1.29, 1.82) is 0 Å². The Bertz CT molecular complexity index is 588. The van der Waals surface area contributed by atoms with Gasteiger partial charge in [-0.1, -0.05) is 31.5 Å². The van der Waals surface area contributed by atoms with Crippen LogP contribution in [0, 0.1) is 5.41 Å². The average Bonchev–Trinajstić information content (AvgIpc) is 2.47. The van der Waals surface area contributed by atoms with Gasteiger partial charge in [0.1, 0.15) is 10.8 Å². The zero-order chi connectivity index (χ0) is 18.0. The number of pyridine rings is 1. The summed E-state index contributed by atoms with van der Waals surface area (Å²) < 4.78 is 5.48. The zero-order valence-electron chi connectivity index (χ0n) is 15.5. The first-order valence-corrected chi connectivity index (χ1v) is 9.12. The van der Waals surface area contributed by atoms with E-state index in [2.05, 4.69) is 24.9 Å². The number of piperidine rings is 1. The van der Waals surface area contributed by atoms with Crippen LogP contribution in [0.1, 0.15) is 58.7 Å². The van der Waals surface area contributed by atoms with Crippen molar-refractivity contribution >= 4 is 17.7 Å². The van der Waals surface area contributed by atoms with Crippen LogP contribution in [-0.4, -0.2) is 34.7 Å². The monoisotopic (exact) mass is 352 g/mol. The Hall–Kier alpha value is -1.29. The summed E-state index contributed by atoms with van der Waals surface area (Å²) in [4.78, 5) is 18.5. The van der Waals surface area contributed by atoms with E-state index in [1.54, 1.807) is 0 Å². The first-order valence-electron chi connectivity index (χ1n) is 8.74. The summed E-state index contributed by atoms with van der Waals surface area (Å²) in [6, 6.07) is 3.97. The number of ether oxygens (including phenoxy) is 1. The van der Waals surface area contributed by atoms with Crippen LogP contribution < -0.4 is 0 Å². The van der Waals surface area contributed by atoms with Crippen LogP contribution in [0.3, 0.4) is 0 Å². The van der Waals surface area contributed by atoms with Gasteiger partial charge in [-0.05, 0) is 63.5 Å². The molecule has 1 aromatic rings. The minimum atomic E-state index is -0.442. The number of amides is 1. The number of carbonyl (C=O) groups is 1. The highest BCUT2D eigenvalue weighted by atomic mass is 35.5. The summed E-state index contributed by atoms with van der Waals surface area (Å²) in [5.41, 5.74) is 2.09. The molecule has 134 valence electrons. The van der Waals surface area contributed by atoms with E-state index in [4.69, 9.17) is 16.3 Å². The molecule has 0 bridgehead atoms. The predicted octanol–water partition coefficient (Wildman–Crippen LogP) is 4.88. The maximum atomic E-state index is 12.2. The number of hydrogen-bond donors (Lipinski definition) is 0. The molecule has 5 heteroatoms. The van der Waals surface area contributed by atoms with E-state index in [0.29, 0.717) is 5.15 Å². The van der Waals surface area contributed by atoms with Crippen LogP contribution in [0.2, 0.25) is 5.15 Å². The Morgan fingerprint density at radius 3 is 2.50 bits per heavy atom. The number of halogens is 1. The number of hydrogen-bond acceptors (Lipinski definition) is 3. The first kappa shape index (κ1) is 19.0. The topological polar surface area (TPSA) is 42.4 Å². The third-order valence-corrected chi connectivity index (χ3v) is 4.82. The van der Waals surface area contributed by atoms with Crippen LogP contribution in [-0.2, 0) is 17.6 Å². The fourth-order valence-corrected chi connectivity index (χ4v) is 3.33. The fraction of sp³-hybridized carbons (Fsp3) is 0.684. The molecule has 0 saturated carbocycles. The number of rotatable bonds is 3. The molecular weight excluding hydrogens is 324 g/mol. The molecule has 0 aromatic carbocycles. The molecule has 1 aliphatic heterocycles. The molecule has 0 aliphatic carbocycles. The molecule has 0 atom stereocenters. The smallest absolute Gasteiger partial charge is 0.410 e. The number of aryl methyl sites for hydroxylation is 1. The molecular formula is C19H29ClN2O2. The van der Waals surface area contributed by atoms with Crippen molar-refractivity contribution in [2.45, 2.75) is 65.9 Å². The van der Waals surface area contributed by atoms with Crippen LogP contribution in [0.15, 0.2) is 12.1 Å². The quantitative estimate of drug-likeness (QED) is 0.728. The van der Waals surface area contributed by atoms with Crippen LogP contribution in [0.25, 0.3) is 0 Å². The fourth-order valence-electron chi connectivity index (χ4n) is 3.16. The second kappa shape index (κ2) is 7.30. The molecule has 0 N–H and O–H groups in total. The van der Waals surface area contributed by atoms with E-state index in [1.807, 2.05) is 31.7 Å². The Morgan fingerprint density at radius 2 is 1.96 bits per heavy atom. The lowest BCUT2D eigenvalue weighted by molar-refractivity contribution is 0.0119. The molecule has 4 nitrogen and oxygen atoms in total. The lowest BCUT2D eigenvalue weighted by Crippen LogP contribution is -2.45. The minimum absolute atomic E-state index is 0.179. The summed E-state index contributed by atoms with van der Waals surface area (Å²) in [6.45, 7) is 11.6. The van der Waals surface area contributed by atoms with E-state index in [-0.39, 0.29) is 11.5 Å². The van der Waals surface area contributed by atoms with Crippen LogP contribution in [0.4, 0.5) is 4.79 Å². The van der Waals surface area contributed by atoms with Gasteiger partial charge in [0.15, 0.2) is 0 Å². The zero-order valence-corrected chi connectivity index (χ0v) is 16.2. The van der Waals surface area contributed by atoms with E-state index in [1.165, 1.54) is 5.56 Å². The molecule has 1 saturated heterocycles. The molecule has 1 aliphatic rings. The maximum absolute atomic E-state index is 12.2. The van der Waals surface area contributed by atoms with Gasteiger partial charge in [0.05, 0.1) is 0 Å². The van der Waals surface area contributed by atoms with E-state index in [0.717, 1.165) is 44.5 Å². The molecule has 0 radical (unpaired) electrons. The van der Waals surface area contributed by atoms with Crippen molar-refractivity contribution in [3.8, 4) is 0 Å². The Kier molecular flexibility index (Phi) is 5.79. The standard InChI is InChI=1S/C19H29ClN2O2/c1-6-15-14(7-8-16(20)21-15)13-19(5)9-11-22(12-10-19)17(23)24-18(2,3)4/h7-8H,6,9-13H2,1-5H3. The van der Waals surface area contributed by atoms with E-state index < -0.39 is 5.60 Å². The second-order valence-corrected chi connectivity index (χ2v) is 8.44. The summed E-state index contributed by atoms with van der Waals surface area (Å²) in [6.07, 6.45) is 3.60. The van der Waals surface area contributed by atoms with Gasteiger partial charge in [-0.3, -0.25) is 0 Å². The molecule has 2 heterocycles. The first-order chi connectivity index (χ1) is 11.1. The highest BCUT2D eigenvalue weighted by Gasteiger charge is 2.34. The van der Waals surface area contributed by atoms with Gasteiger partial charge in [0, 0.05) is 18.8 Å². The van der Waals surface area contributed by atoms with Gasteiger partial charge in [0.2, 0.25) is 0 Å². The van der Waals surface area contributed by atoms with Gasteiger partial charge in [-0.2, -0.15) is 0 Å². The van der Waals surface area contributed by atoms with Gasteiger partial charge in [0.25, 0.3) is 0 Å². The molecule has 24 heavy (non-hydrogen) atoms. The van der Waals surface area contributed by atoms with Gasteiger partial charge < -0.3 is 9.64 Å². The molecule has 1 fully saturated rings. The van der Waals surface area contributed by atoms with E-state index >= 15 is 0 Å². The SMILES string of the molecule is CCc1nc(Cl)ccc1CC1(C)CCN(C(=O)OC(C)(C)C)CC1. The Balaban J connectivity index is 1.99. The Labute approximate surface area is 150 Å². The molecule has 2 rings (SSSR count). The summed E-state index contributed by atoms with van der Waals surface area (Å²) in [7, 11) is 0. The van der Waals surface area contributed by atoms with E-state index in [9.17, 15) is 4.79 Å². The summed E-state index contributed by atoms with van der Waals surface area (Å²) >= 11 is 6.01. The second-order valence-electron chi connectivity index (χ2n) is 8.05. The molecule has 0 unspecified atom stereocenters. The van der Waals surface area contributed by atoms with Crippen molar-refractivity contribution in [3.63, 3.8) is 0 Å². The molecule has 1 aromatic heterocycles. The molecule has 0 spiro atoms.